The van der Waals surface area contributed by atoms with Gasteiger partial charge in [-0.3, -0.25) is 4.98 Å². The molecule has 8 heteroatoms. The van der Waals surface area contributed by atoms with Crippen molar-refractivity contribution < 1.29 is 23.1 Å². The van der Waals surface area contributed by atoms with Gasteiger partial charge in [-0.05, 0) is 23.7 Å². The van der Waals surface area contributed by atoms with Gasteiger partial charge in [-0.1, -0.05) is 18.2 Å². The zero-order valence-electron chi connectivity index (χ0n) is 10.8. The van der Waals surface area contributed by atoms with E-state index in [1.54, 1.807) is 24.3 Å². The lowest BCUT2D eigenvalue weighted by molar-refractivity contribution is -0.137. The fourth-order valence-corrected chi connectivity index (χ4v) is 2.95. The summed E-state index contributed by atoms with van der Waals surface area (Å²) in [6, 6.07) is 7.92. The van der Waals surface area contributed by atoms with Crippen molar-refractivity contribution in [2.24, 2.45) is 0 Å². The second-order valence-corrected chi connectivity index (χ2v) is 5.19. The second-order valence-electron chi connectivity index (χ2n) is 4.41. The number of aromatic carboxylic acids is 1. The van der Waals surface area contributed by atoms with Crippen molar-refractivity contribution in [1.82, 2.24) is 9.36 Å². The first-order chi connectivity index (χ1) is 10.4. The van der Waals surface area contributed by atoms with Crippen molar-refractivity contribution in [3.63, 3.8) is 0 Å². The predicted octanol–water partition coefficient (Wildman–Crippen LogP) is 4.08. The lowest BCUT2D eigenvalue weighted by atomic mass is 10.0. The normalized spacial score (nSPS) is 11.8. The third-order valence-electron chi connectivity index (χ3n) is 3.07. The average molecular weight is 324 g/mol. The molecule has 0 radical (unpaired) electrons. The van der Waals surface area contributed by atoms with E-state index < -0.39 is 22.6 Å². The van der Waals surface area contributed by atoms with E-state index >= 15 is 0 Å². The molecule has 2 heterocycles. The number of nitrogens with zero attached hydrogens (tertiary/aromatic N) is 2. The van der Waals surface area contributed by atoms with E-state index in [1.165, 1.54) is 12.3 Å². The van der Waals surface area contributed by atoms with Gasteiger partial charge in [0.2, 0.25) is 0 Å². The van der Waals surface area contributed by atoms with Crippen LogP contribution < -0.4 is 0 Å². The number of benzene rings is 1. The van der Waals surface area contributed by atoms with Crippen LogP contribution in [0.15, 0.2) is 36.5 Å². The van der Waals surface area contributed by atoms with Crippen LogP contribution in [-0.4, -0.2) is 20.4 Å². The maximum atomic E-state index is 13.3. The number of carboxylic acid groups (broad SMARTS) is 1. The van der Waals surface area contributed by atoms with E-state index in [2.05, 4.69) is 9.36 Å². The standard InChI is InChI=1S/C14H7F3N2O2S/c15-14(16,17)10-11(19-22-12(10)13(20)21)8-3-1-5-9-7(8)4-2-6-18-9/h1-6H,(H,20,21). The van der Waals surface area contributed by atoms with Crippen LogP contribution in [0.5, 0.6) is 0 Å². The number of hydrogen-bond donors (Lipinski definition) is 1. The summed E-state index contributed by atoms with van der Waals surface area (Å²) >= 11 is 0.325. The topological polar surface area (TPSA) is 63.1 Å². The zero-order valence-corrected chi connectivity index (χ0v) is 11.6. The van der Waals surface area contributed by atoms with E-state index in [-0.39, 0.29) is 11.3 Å². The lowest BCUT2D eigenvalue weighted by Gasteiger charge is -2.10. The molecule has 0 saturated carbocycles. The molecule has 1 aromatic carbocycles. The maximum Gasteiger partial charge on any atom is 0.420 e. The highest BCUT2D eigenvalue weighted by molar-refractivity contribution is 7.08. The first-order valence-electron chi connectivity index (χ1n) is 6.04. The van der Waals surface area contributed by atoms with Crippen LogP contribution in [-0.2, 0) is 6.18 Å². The van der Waals surface area contributed by atoms with Crippen molar-refractivity contribution in [1.29, 1.82) is 0 Å². The molecule has 112 valence electrons. The number of aromatic nitrogens is 2. The number of halogens is 3. The first-order valence-corrected chi connectivity index (χ1v) is 6.81. The monoisotopic (exact) mass is 324 g/mol. The Morgan fingerprint density at radius 1 is 1.18 bits per heavy atom. The van der Waals surface area contributed by atoms with Crippen LogP contribution in [0.25, 0.3) is 22.2 Å². The van der Waals surface area contributed by atoms with Gasteiger partial charge >= 0.3 is 12.1 Å². The SMILES string of the molecule is O=C(O)c1snc(-c2cccc3ncccc23)c1C(F)(F)F. The Bertz CT molecular complexity index is 869. The smallest absolute Gasteiger partial charge is 0.420 e. The summed E-state index contributed by atoms with van der Waals surface area (Å²) in [6.07, 6.45) is -3.28. The van der Waals surface area contributed by atoms with Crippen molar-refractivity contribution >= 4 is 28.4 Å². The Balaban J connectivity index is 2.35. The number of pyridine rings is 1. The van der Waals surface area contributed by atoms with Gasteiger partial charge < -0.3 is 5.11 Å². The van der Waals surface area contributed by atoms with Crippen LogP contribution in [0.4, 0.5) is 13.2 Å². The number of alkyl halides is 3. The molecule has 2 aromatic heterocycles. The fourth-order valence-electron chi connectivity index (χ4n) is 2.19. The molecule has 1 N–H and O–H groups in total. The molecule has 0 spiro atoms. The van der Waals surface area contributed by atoms with Crippen LogP contribution in [0.1, 0.15) is 15.2 Å². The predicted molar refractivity (Wildman–Crippen MR) is 74.8 cm³/mol. The van der Waals surface area contributed by atoms with Crippen molar-refractivity contribution in [2.75, 3.05) is 0 Å². The van der Waals surface area contributed by atoms with Crippen molar-refractivity contribution in [3.8, 4) is 11.3 Å². The summed E-state index contributed by atoms with van der Waals surface area (Å²) in [7, 11) is 0. The average Bonchev–Trinajstić information content (AvgIpc) is 2.91. The number of rotatable bonds is 2. The molecule has 0 atom stereocenters. The Morgan fingerprint density at radius 2 is 1.95 bits per heavy atom. The molecule has 22 heavy (non-hydrogen) atoms. The minimum absolute atomic E-state index is 0.210. The molecule has 0 aliphatic carbocycles. The summed E-state index contributed by atoms with van der Waals surface area (Å²) in [5, 5.41) is 9.44. The Labute approximate surface area is 126 Å². The minimum Gasteiger partial charge on any atom is -0.477 e. The minimum atomic E-state index is -4.81. The van der Waals surface area contributed by atoms with E-state index in [9.17, 15) is 18.0 Å². The molecular formula is C14H7F3N2O2S. The lowest BCUT2D eigenvalue weighted by Crippen LogP contribution is -2.11. The fraction of sp³-hybridized carbons (Fsp3) is 0.0714. The Hall–Kier alpha value is -2.48. The molecule has 0 bridgehead atoms. The number of fused-ring (bicyclic) bond motifs is 1. The molecule has 0 saturated heterocycles. The Morgan fingerprint density at radius 3 is 2.64 bits per heavy atom. The summed E-state index contributed by atoms with van der Waals surface area (Å²) in [5.41, 5.74) is -0.880. The molecular weight excluding hydrogens is 317 g/mol. The zero-order chi connectivity index (χ0) is 15.9. The quantitative estimate of drug-likeness (QED) is 0.771. The number of carboxylic acids is 1. The first kappa shape index (κ1) is 14.5. The van der Waals surface area contributed by atoms with Gasteiger partial charge in [0, 0.05) is 17.1 Å². The number of carbonyl (C=O) groups is 1. The molecule has 0 amide bonds. The molecule has 3 aromatic rings. The maximum absolute atomic E-state index is 13.3. The molecule has 3 rings (SSSR count). The molecule has 0 fully saturated rings. The third kappa shape index (κ3) is 2.31. The van der Waals surface area contributed by atoms with Crippen LogP contribution in [0, 0.1) is 0 Å². The van der Waals surface area contributed by atoms with E-state index in [0.717, 1.165) is 0 Å². The highest BCUT2D eigenvalue weighted by atomic mass is 32.1. The van der Waals surface area contributed by atoms with E-state index in [1.807, 2.05) is 0 Å². The molecule has 0 unspecified atom stereocenters. The summed E-state index contributed by atoms with van der Waals surface area (Å²) in [5.74, 6) is -1.64. The molecule has 0 aliphatic heterocycles. The van der Waals surface area contributed by atoms with Crippen molar-refractivity contribution in [3.05, 3.63) is 47.0 Å². The van der Waals surface area contributed by atoms with E-state index in [0.29, 0.717) is 22.4 Å². The van der Waals surface area contributed by atoms with Gasteiger partial charge in [0.25, 0.3) is 0 Å². The molecule has 4 nitrogen and oxygen atoms in total. The largest absolute Gasteiger partial charge is 0.477 e. The number of hydrogen-bond acceptors (Lipinski definition) is 4. The van der Waals surface area contributed by atoms with Gasteiger partial charge in [-0.25, -0.2) is 4.79 Å². The van der Waals surface area contributed by atoms with Gasteiger partial charge in [0.05, 0.1) is 11.2 Å². The van der Waals surface area contributed by atoms with Gasteiger partial charge in [-0.2, -0.15) is 17.5 Å². The highest BCUT2D eigenvalue weighted by Crippen LogP contribution is 2.42. The third-order valence-corrected chi connectivity index (χ3v) is 3.91. The van der Waals surface area contributed by atoms with Crippen LogP contribution >= 0.6 is 11.5 Å². The van der Waals surface area contributed by atoms with Crippen LogP contribution in [0.3, 0.4) is 0 Å². The second kappa shape index (κ2) is 5.06. The van der Waals surface area contributed by atoms with Gasteiger partial charge in [0.15, 0.2) is 0 Å². The summed E-state index contributed by atoms with van der Waals surface area (Å²) < 4.78 is 43.6. The van der Waals surface area contributed by atoms with Gasteiger partial charge in [-0.15, -0.1) is 0 Å². The molecule has 0 aliphatic rings. The van der Waals surface area contributed by atoms with Gasteiger partial charge in [0.1, 0.15) is 10.4 Å². The highest BCUT2D eigenvalue weighted by Gasteiger charge is 2.41. The van der Waals surface area contributed by atoms with Crippen LogP contribution in [0.2, 0.25) is 0 Å². The van der Waals surface area contributed by atoms with E-state index in [4.69, 9.17) is 5.11 Å². The summed E-state index contributed by atoms with van der Waals surface area (Å²) in [4.78, 5) is 14.3. The van der Waals surface area contributed by atoms with Crippen molar-refractivity contribution in [2.45, 2.75) is 6.18 Å². The summed E-state index contributed by atoms with van der Waals surface area (Å²) in [6.45, 7) is 0. The Kier molecular flexibility index (Phi) is 3.32.